The van der Waals surface area contributed by atoms with Crippen LogP contribution in [0.2, 0.25) is 0 Å². The summed E-state index contributed by atoms with van der Waals surface area (Å²) in [6.45, 7) is 1.65. The molecule has 0 aliphatic carbocycles. The van der Waals surface area contributed by atoms with Gasteiger partial charge in [0.25, 0.3) is 0 Å². The van der Waals surface area contributed by atoms with Crippen LogP contribution in [0.1, 0.15) is 17.5 Å². The minimum absolute atomic E-state index is 0.0119. The average molecular weight is 396 g/mol. The number of cyclic esters (lactones) is 1. The van der Waals surface area contributed by atoms with Gasteiger partial charge in [0.1, 0.15) is 19.0 Å². The van der Waals surface area contributed by atoms with Crippen molar-refractivity contribution in [1.82, 2.24) is 4.90 Å². The zero-order valence-corrected chi connectivity index (χ0v) is 16.4. The molecule has 0 N–H and O–H groups in total. The molecule has 2 heterocycles. The van der Waals surface area contributed by atoms with E-state index in [1.54, 1.807) is 16.9 Å². The second-order valence-electron chi connectivity index (χ2n) is 7.18. The molecule has 0 radical (unpaired) electrons. The molecule has 0 saturated carbocycles. The van der Waals surface area contributed by atoms with Gasteiger partial charge >= 0.3 is 6.09 Å². The number of hydrogen-bond acceptors (Lipinski definition) is 5. The summed E-state index contributed by atoms with van der Waals surface area (Å²) >= 11 is 0. The third-order valence-electron chi connectivity index (χ3n) is 5.29. The van der Waals surface area contributed by atoms with Gasteiger partial charge in [-0.3, -0.25) is 9.69 Å². The van der Waals surface area contributed by atoms with Crippen LogP contribution < -0.4 is 9.64 Å². The van der Waals surface area contributed by atoms with Crippen molar-refractivity contribution in [3.05, 3.63) is 59.7 Å². The fourth-order valence-corrected chi connectivity index (χ4v) is 3.74. The number of rotatable bonds is 5. The first-order valence-electron chi connectivity index (χ1n) is 9.68. The van der Waals surface area contributed by atoms with Crippen molar-refractivity contribution >= 4 is 17.7 Å². The number of ether oxygens (including phenoxy) is 3. The van der Waals surface area contributed by atoms with Crippen LogP contribution in [0.5, 0.6) is 5.75 Å². The summed E-state index contributed by atoms with van der Waals surface area (Å²) in [6, 6.07) is 15.2. The van der Waals surface area contributed by atoms with Crippen LogP contribution in [-0.4, -0.2) is 49.8 Å². The fourth-order valence-electron chi connectivity index (χ4n) is 3.74. The molecule has 2 aromatic rings. The van der Waals surface area contributed by atoms with E-state index in [0.717, 1.165) is 16.8 Å². The zero-order valence-electron chi connectivity index (χ0n) is 16.4. The van der Waals surface area contributed by atoms with E-state index in [2.05, 4.69) is 0 Å². The maximum atomic E-state index is 12.8. The molecule has 7 nitrogen and oxygen atoms in total. The summed E-state index contributed by atoms with van der Waals surface area (Å²) in [5.41, 5.74) is 2.64. The van der Waals surface area contributed by atoms with Gasteiger partial charge in [0.05, 0.1) is 25.4 Å². The second kappa shape index (κ2) is 8.53. The van der Waals surface area contributed by atoms with Crippen molar-refractivity contribution in [2.45, 2.75) is 25.6 Å². The quantitative estimate of drug-likeness (QED) is 0.777. The smallest absolute Gasteiger partial charge is 0.414 e. The van der Waals surface area contributed by atoms with Crippen LogP contribution in [0.25, 0.3) is 0 Å². The Bertz CT molecular complexity index is 886. The highest BCUT2D eigenvalue weighted by Gasteiger charge is 2.37. The average Bonchev–Trinajstić information content (AvgIpc) is 3.09. The Labute approximate surface area is 169 Å². The van der Waals surface area contributed by atoms with E-state index in [1.807, 2.05) is 48.5 Å². The van der Waals surface area contributed by atoms with E-state index in [9.17, 15) is 9.59 Å². The number of amides is 2. The number of anilines is 1. The molecular formula is C22H24N2O5. The molecule has 2 aromatic carbocycles. The highest BCUT2D eigenvalue weighted by Crippen LogP contribution is 2.33. The van der Waals surface area contributed by atoms with Gasteiger partial charge in [0.2, 0.25) is 5.91 Å². The molecule has 1 fully saturated rings. The Kier molecular flexibility index (Phi) is 5.67. The molecule has 0 spiro atoms. The van der Waals surface area contributed by atoms with Crippen LogP contribution >= 0.6 is 0 Å². The Hall–Kier alpha value is -3.06. The van der Waals surface area contributed by atoms with E-state index >= 15 is 0 Å². The number of fused-ring (bicyclic) bond motifs is 3. The van der Waals surface area contributed by atoms with Crippen LogP contribution in [-0.2, 0) is 27.4 Å². The van der Waals surface area contributed by atoms with Gasteiger partial charge in [-0.1, -0.05) is 30.3 Å². The Balaban J connectivity index is 1.50. The van der Waals surface area contributed by atoms with Gasteiger partial charge in [0, 0.05) is 13.1 Å². The lowest BCUT2D eigenvalue weighted by atomic mass is 10.0. The maximum Gasteiger partial charge on any atom is 0.414 e. The molecule has 2 aliphatic heterocycles. The van der Waals surface area contributed by atoms with Gasteiger partial charge in [-0.15, -0.1) is 0 Å². The molecule has 152 valence electrons. The number of benzene rings is 2. The molecule has 2 amide bonds. The van der Waals surface area contributed by atoms with Gasteiger partial charge in [-0.2, -0.15) is 0 Å². The molecule has 1 saturated heterocycles. The summed E-state index contributed by atoms with van der Waals surface area (Å²) in [5.74, 6) is 0.606. The summed E-state index contributed by atoms with van der Waals surface area (Å²) in [4.78, 5) is 28.6. The molecule has 29 heavy (non-hydrogen) atoms. The van der Waals surface area contributed by atoms with E-state index in [1.165, 1.54) is 0 Å². The molecule has 7 heteroatoms. The maximum absolute atomic E-state index is 12.8. The summed E-state index contributed by atoms with van der Waals surface area (Å²) in [6.07, 6.45) is 0.314. The standard InChI is InChI=1S/C22H24N2O5/c1-27-19-7-8-20-17(11-19)12-23(10-9-18-14-29-22(26)24(18)20)21(25)15-28-13-16-5-3-2-4-6-16/h2-8,11,18H,9-10,12-15H2,1H3/t18-/m0/s1. The number of nitrogens with zero attached hydrogens (tertiary/aromatic N) is 2. The second-order valence-corrected chi connectivity index (χ2v) is 7.18. The SMILES string of the molecule is COc1ccc2c(c1)CN(C(=O)COCc1ccccc1)CC[C@H]1COC(=O)N21. The van der Waals surface area contributed by atoms with Crippen LogP contribution in [0.3, 0.4) is 0 Å². The van der Waals surface area contributed by atoms with Crippen molar-refractivity contribution in [2.24, 2.45) is 0 Å². The monoisotopic (exact) mass is 396 g/mol. The molecule has 2 aliphatic rings. The first-order valence-corrected chi connectivity index (χ1v) is 9.68. The van der Waals surface area contributed by atoms with Gasteiger partial charge in [-0.25, -0.2) is 4.79 Å². The number of carbonyl (C=O) groups excluding carboxylic acids is 2. The Morgan fingerprint density at radius 2 is 2.03 bits per heavy atom. The van der Waals surface area contributed by atoms with E-state index in [-0.39, 0.29) is 24.6 Å². The van der Waals surface area contributed by atoms with Gasteiger partial charge in [-0.05, 0) is 35.7 Å². The molecule has 0 aromatic heterocycles. The van der Waals surface area contributed by atoms with Crippen LogP contribution in [0.4, 0.5) is 10.5 Å². The van der Waals surface area contributed by atoms with Crippen molar-refractivity contribution in [3.8, 4) is 5.75 Å². The highest BCUT2D eigenvalue weighted by molar-refractivity contribution is 5.91. The summed E-state index contributed by atoms with van der Waals surface area (Å²) in [7, 11) is 1.60. The Morgan fingerprint density at radius 3 is 2.83 bits per heavy atom. The van der Waals surface area contributed by atoms with Crippen molar-refractivity contribution in [3.63, 3.8) is 0 Å². The normalized spacial score (nSPS) is 18.4. The molecule has 1 atom stereocenters. The van der Waals surface area contributed by atoms with Crippen molar-refractivity contribution in [2.75, 3.05) is 31.8 Å². The molecule has 0 bridgehead atoms. The van der Waals surface area contributed by atoms with E-state index in [4.69, 9.17) is 14.2 Å². The molecular weight excluding hydrogens is 372 g/mol. The summed E-state index contributed by atoms with van der Waals surface area (Å²) < 4.78 is 16.2. The number of methoxy groups -OCH3 is 1. The molecule has 0 unspecified atom stereocenters. The van der Waals surface area contributed by atoms with Gasteiger partial charge in [0.15, 0.2) is 0 Å². The Morgan fingerprint density at radius 1 is 1.21 bits per heavy atom. The van der Waals surface area contributed by atoms with Crippen molar-refractivity contribution < 1.29 is 23.8 Å². The summed E-state index contributed by atoms with van der Waals surface area (Å²) in [5, 5.41) is 0. The third kappa shape index (κ3) is 4.19. The third-order valence-corrected chi connectivity index (χ3v) is 5.29. The fraction of sp³-hybridized carbons (Fsp3) is 0.364. The molecule has 4 rings (SSSR count). The first kappa shape index (κ1) is 19.3. The lowest BCUT2D eigenvalue weighted by Crippen LogP contribution is -2.43. The van der Waals surface area contributed by atoms with Crippen LogP contribution in [0, 0.1) is 0 Å². The van der Waals surface area contributed by atoms with Crippen LogP contribution in [0.15, 0.2) is 48.5 Å². The predicted molar refractivity (Wildman–Crippen MR) is 107 cm³/mol. The number of carbonyl (C=O) groups is 2. The van der Waals surface area contributed by atoms with Crippen molar-refractivity contribution in [1.29, 1.82) is 0 Å². The lowest BCUT2D eigenvalue weighted by molar-refractivity contribution is -0.137. The zero-order chi connectivity index (χ0) is 20.2. The van der Waals surface area contributed by atoms with Gasteiger partial charge < -0.3 is 19.1 Å². The van der Waals surface area contributed by atoms with E-state index < -0.39 is 0 Å². The number of hydrogen-bond donors (Lipinski definition) is 0. The highest BCUT2D eigenvalue weighted by atomic mass is 16.6. The minimum atomic E-state index is -0.340. The topological polar surface area (TPSA) is 68.3 Å². The van der Waals surface area contributed by atoms with E-state index in [0.29, 0.717) is 38.5 Å². The predicted octanol–water partition coefficient (Wildman–Crippen LogP) is 2.97. The minimum Gasteiger partial charge on any atom is -0.497 e. The first-order chi connectivity index (χ1) is 14.2. The largest absolute Gasteiger partial charge is 0.497 e. The lowest BCUT2D eigenvalue weighted by Gasteiger charge is -2.32.